The highest BCUT2D eigenvalue weighted by molar-refractivity contribution is 7.99. The van der Waals surface area contributed by atoms with Gasteiger partial charge in [-0.25, -0.2) is 0 Å². The summed E-state index contributed by atoms with van der Waals surface area (Å²) >= 11 is 2.06. The van der Waals surface area contributed by atoms with Gasteiger partial charge < -0.3 is 0 Å². The number of aromatic nitrogens is 2. The quantitative estimate of drug-likeness (QED) is 0.750. The lowest BCUT2D eigenvalue weighted by atomic mass is 10.4. The van der Waals surface area contributed by atoms with Gasteiger partial charge in [-0.15, -0.1) is 0 Å². The summed E-state index contributed by atoms with van der Waals surface area (Å²) < 4.78 is 2.04. The van der Waals surface area contributed by atoms with Gasteiger partial charge in [0.25, 0.3) is 0 Å². The van der Waals surface area contributed by atoms with E-state index in [4.69, 9.17) is 0 Å². The molecule has 78 valence electrons. The minimum atomic E-state index is 1.03. The SMILES string of the molecule is Cc1cnn(CCN2CCSCC2)c1. The van der Waals surface area contributed by atoms with Crippen molar-refractivity contribution < 1.29 is 0 Å². The number of hydrogen-bond donors (Lipinski definition) is 0. The fourth-order valence-electron chi connectivity index (χ4n) is 1.66. The molecule has 1 aliphatic rings. The highest BCUT2D eigenvalue weighted by atomic mass is 32.2. The standard InChI is InChI=1S/C10H17N3S/c1-10-8-11-13(9-10)3-2-12-4-6-14-7-5-12/h8-9H,2-7H2,1H3. The van der Waals surface area contributed by atoms with Crippen molar-refractivity contribution in [2.45, 2.75) is 13.5 Å². The van der Waals surface area contributed by atoms with Gasteiger partial charge in [-0.1, -0.05) is 0 Å². The predicted molar refractivity (Wildman–Crippen MR) is 60.7 cm³/mol. The van der Waals surface area contributed by atoms with E-state index in [1.54, 1.807) is 0 Å². The molecule has 2 rings (SSSR count). The van der Waals surface area contributed by atoms with E-state index in [1.807, 2.05) is 10.9 Å². The maximum atomic E-state index is 4.28. The molecule has 0 N–H and O–H groups in total. The maximum Gasteiger partial charge on any atom is 0.0536 e. The second kappa shape index (κ2) is 4.84. The van der Waals surface area contributed by atoms with Gasteiger partial charge in [-0.3, -0.25) is 9.58 Å². The first-order valence-corrected chi connectivity index (χ1v) is 6.29. The van der Waals surface area contributed by atoms with Gasteiger partial charge in [0.2, 0.25) is 0 Å². The molecule has 0 saturated carbocycles. The summed E-state index contributed by atoms with van der Waals surface area (Å²) in [6.45, 7) is 6.73. The van der Waals surface area contributed by atoms with E-state index in [0.29, 0.717) is 0 Å². The summed E-state index contributed by atoms with van der Waals surface area (Å²) in [5.41, 5.74) is 1.25. The van der Waals surface area contributed by atoms with E-state index < -0.39 is 0 Å². The zero-order valence-electron chi connectivity index (χ0n) is 8.65. The molecule has 3 nitrogen and oxygen atoms in total. The zero-order valence-corrected chi connectivity index (χ0v) is 9.46. The third-order valence-electron chi connectivity index (χ3n) is 2.51. The number of hydrogen-bond acceptors (Lipinski definition) is 3. The fourth-order valence-corrected chi connectivity index (χ4v) is 2.64. The molecular formula is C10H17N3S. The number of thioether (sulfide) groups is 1. The Hall–Kier alpha value is -0.480. The van der Waals surface area contributed by atoms with Gasteiger partial charge in [-0.2, -0.15) is 16.9 Å². The normalized spacial score (nSPS) is 18.6. The van der Waals surface area contributed by atoms with E-state index >= 15 is 0 Å². The minimum absolute atomic E-state index is 1.03. The zero-order chi connectivity index (χ0) is 9.80. The molecule has 0 atom stereocenters. The third kappa shape index (κ3) is 2.75. The summed E-state index contributed by atoms with van der Waals surface area (Å²) in [5, 5.41) is 4.28. The van der Waals surface area contributed by atoms with Crippen molar-refractivity contribution in [3.63, 3.8) is 0 Å². The van der Waals surface area contributed by atoms with Gasteiger partial charge in [-0.05, 0) is 12.5 Å². The van der Waals surface area contributed by atoms with Crippen LogP contribution in [0.5, 0.6) is 0 Å². The first-order chi connectivity index (χ1) is 6.84. The van der Waals surface area contributed by atoms with Crippen LogP contribution < -0.4 is 0 Å². The average molecular weight is 211 g/mol. The van der Waals surface area contributed by atoms with Crippen LogP contribution in [0.3, 0.4) is 0 Å². The second-order valence-corrected chi connectivity index (χ2v) is 4.96. The Morgan fingerprint density at radius 3 is 2.79 bits per heavy atom. The molecule has 1 saturated heterocycles. The van der Waals surface area contributed by atoms with Crippen LogP contribution in [0.25, 0.3) is 0 Å². The lowest BCUT2D eigenvalue weighted by Gasteiger charge is -2.25. The molecule has 0 bridgehead atoms. The van der Waals surface area contributed by atoms with Crippen molar-refractivity contribution in [3.05, 3.63) is 18.0 Å². The Labute approximate surface area is 89.5 Å². The molecule has 1 aromatic heterocycles. The highest BCUT2D eigenvalue weighted by Gasteiger charge is 2.09. The van der Waals surface area contributed by atoms with Crippen LogP contribution in [0.2, 0.25) is 0 Å². The summed E-state index contributed by atoms with van der Waals surface area (Å²) in [7, 11) is 0. The van der Waals surface area contributed by atoms with E-state index in [-0.39, 0.29) is 0 Å². The van der Waals surface area contributed by atoms with Crippen molar-refractivity contribution in [1.29, 1.82) is 0 Å². The topological polar surface area (TPSA) is 21.1 Å². The molecule has 1 fully saturated rings. The molecule has 0 amide bonds. The minimum Gasteiger partial charge on any atom is -0.300 e. The van der Waals surface area contributed by atoms with Crippen LogP contribution in [-0.4, -0.2) is 45.8 Å². The molecule has 0 radical (unpaired) electrons. The first-order valence-electron chi connectivity index (χ1n) is 5.14. The fraction of sp³-hybridized carbons (Fsp3) is 0.700. The first kappa shape index (κ1) is 10.1. The van der Waals surface area contributed by atoms with Crippen LogP contribution in [0.4, 0.5) is 0 Å². The third-order valence-corrected chi connectivity index (χ3v) is 3.45. The van der Waals surface area contributed by atoms with Crippen molar-refractivity contribution in [3.8, 4) is 0 Å². The molecule has 1 aliphatic heterocycles. The van der Waals surface area contributed by atoms with Crippen molar-refractivity contribution in [2.75, 3.05) is 31.1 Å². The van der Waals surface area contributed by atoms with Crippen molar-refractivity contribution in [2.24, 2.45) is 0 Å². The largest absolute Gasteiger partial charge is 0.300 e. The second-order valence-electron chi connectivity index (χ2n) is 3.73. The molecule has 4 heteroatoms. The van der Waals surface area contributed by atoms with Crippen molar-refractivity contribution in [1.82, 2.24) is 14.7 Å². The van der Waals surface area contributed by atoms with Crippen LogP contribution in [0.1, 0.15) is 5.56 Å². The van der Waals surface area contributed by atoms with Crippen LogP contribution in [0.15, 0.2) is 12.4 Å². The summed E-state index contributed by atoms with van der Waals surface area (Å²) in [6, 6.07) is 0. The lowest BCUT2D eigenvalue weighted by molar-refractivity contribution is 0.284. The molecule has 0 spiro atoms. The Kier molecular flexibility index (Phi) is 3.48. The van der Waals surface area contributed by atoms with E-state index in [0.717, 1.165) is 13.1 Å². The number of aryl methyl sites for hydroxylation is 1. The number of nitrogens with zero attached hydrogens (tertiary/aromatic N) is 3. The highest BCUT2D eigenvalue weighted by Crippen LogP contribution is 2.08. The van der Waals surface area contributed by atoms with Crippen molar-refractivity contribution >= 4 is 11.8 Å². The van der Waals surface area contributed by atoms with Crippen LogP contribution in [-0.2, 0) is 6.54 Å². The molecule has 0 aliphatic carbocycles. The van der Waals surface area contributed by atoms with Gasteiger partial charge in [0.05, 0.1) is 12.7 Å². The smallest absolute Gasteiger partial charge is 0.0536 e. The Balaban J connectivity index is 1.76. The van der Waals surface area contributed by atoms with E-state index in [2.05, 4.69) is 34.9 Å². The Morgan fingerprint density at radius 2 is 2.14 bits per heavy atom. The monoisotopic (exact) mass is 211 g/mol. The summed E-state index contributed by atoms with van der Waals surface area (Å²) in [4.78, 5) is 2.52. The van der Waals surface area contributed by atoms with Crippen LogP contribution >= 0.6 is 11.8 Å². The van der Waals surface area contributed by atoms with Crippen LogP contribution in [0, 0.1) is 6.92 Å². The Morgan fingerprint density at radius 1 is 1.36 bits per heavy atom. The van der Waals surface area contributed by atoms with E-state index in [9.17, 15) is 0 Å². The van der Waals surface area contributed by atoms with Gasteiger partial charge >= 0.3 is 0 Å². The van der Waals surface area contributed by atoms with Gasteiger partial charge in [0.1, 0.15) is 0 Å². The lowest BCUT2D eigenvalue weighted by Crippen LogP contribution is -2.35. The molecular weight excluding hydrogens is 194 g/mol. The molecule has 0 unspecified atom stereocenters. The predicted octanol–water partition coefficient (Wildman–Crippen LogP) is 1.24. The molecule has 0 aromatic carbocycles. The van der Waals surface area contributed by atoms with E-state index in [1.165, 1.54) is 30.2 Å². The molecule has 14 heavy (non-hydrogen) atoms. The molecule has 2 heterocycles. The Bertz CT molecular complexity index is 279. The summed E-state index contributed by atoms with van der Waals surface area (Å²) in [6.07, 6.45) is 4.03. The van der Waals surface area contributed by atoms with Gasteiger partial charge in [0.15, 0.2) is 0 Å². The maximum absolute atomic E-state index is 4.28. The average Bonchev–Trinajstić information content (AvgIpc) is 2.63. The number of rotatable bonds is 3. The summed E-state index contributed by atoms with van der Waals surface area (Å²) in [5.74, 6) is 2.58. The molecule has 1 aromatic rings. The van der Waals surface area contributed by atoms with Gasteiger partial charge in [0, 0.05) is 37.3 Å².